The maximum atomic E-state index is 10.7. The van der Waals surface area contributed by atoms with E-state index in [2.05, 4.69) is 10.1 Å². The van der Waals surface area contributed by atoms with Crippen molar-refractivity contribution in [1.82, 2.24) is 5.32 Å². The summed E-state index contributed by atoms with van der Waals surface area (Å²) >= 11 is 0. The molecule has 0 spiro atoms. The van der Waals surface area contributed by atoms with Gasteiger partial charge in [0.15, 0.2) is 5.78 Å². The molecular formula is C7H13NO3. The quantitative estimate of drug-likeness (QED) is 0.659. The van der Waals surface area contributed by atoms with Crippen molar-refractivity contribution in [2.24, 2.45) is 0 Å². The van der Waals surface area contributed by atoms with Crippen LogP contribution in [0.5, 0.6) is 0 Å². The maximum Gasteiger partial charge on any atom is 0.407 e. The summed E-state index contributed by atoms with van der Waals surface area (Å²) in [6, 6.07) is -0.464. The molecule has 11 heavy (non-hydrogen) atoms. The van der Waals surface area contributed by atoms with Gasteiger partial charge in [0, 0.05) is 0 Å². The first-order valence-electron chi connectivity index (χ1n) is 3.51. The van der Waals surface area contributed by atoms with Crippen LogP contribution < -0.4 is 5.32 Å². The molecule has 0 aliphatic carbocycles. The highest BCUT2D eigenvalue weighted by Gasteiger charge is 2.10. The average molecular weight is 159 g/mol. The lowest BCUT2D eigenvalue weighted by Gasteiger charge is -2.09. The minimum Gasteiger partial charge on any atom is -0.450 e. The number of Topliss-reactive ketones (excluding diaryl/α,β-unsaturated/α-hetero) is 1. The van der Waals surface area contributed by atoms with Gasteiger partial charge in [0.25, 0.3) is 0 Å². The Morgan fingerprint density at radius 2 is 2.09 bits per heavy atom. The van der Waals surface area contributed by atoms with Gasteiger partial charge in [-0.1, -0.05) is 0 Å². The second kappa shape index (κ2) is 4.71. The van der Waals surface area contributed by atoms with E-state index in [1.54, 1.807) is 13.8 Å². The molecule has 1 amide bonds. The molecule has 1 unspecified atom stereocenters. The van der Waals surface area contributed by atoms with Crippen LogP contribution in [-0.2, 0) is 9.53 Å². The number of carbonyl (C=O) groups is 2. The van der Waals surface area contributed by atoms with E-state index < -0.39 is 12.1 Å². The van der Waals surface area contributed by atoms with Crippen LogP contribution in [0.25, 0.3) is 0 Å². The molecule has 0 aliphatic heterocycles. The Hall–Kier alpha value is -1.06. The fourth-order valence-electron chi connectivity index (χ4n) is 0.451. The van der Waals surface area contributed by atoms with Crippen LogP contribution in [0, 0.1) is 0 Å². The van der Waals surface area contributed by atoms with Crippen LogP contribution in [0.3, 0.4) is 0 Å². The van der Waals surface area contributed by atoms with Crippen LogP contribution in [0.2, 0.25) is 0 Å². The number of hydrogen-bond acceptors (Lipinski definition) is 3. The first-order valence-corrected chi connectivity index (χ1v) is 3.51. The van der Waals surface area contributed by atoms with E-state index in [9.17, 15) is 9.59 Å². The Kier molecular flexibility index (Phi) is 4.26. The lowest BCUT2D eigenvalue weighted by molar-refractivity contribution is -0.118. The Morgan fingerprint density at radius 3 is 2.45 bits per heavy atom. The molecular weight excluding hydrogens is 146 g/mol. The predicted octanol–water partition coefficient (Wildman–Crippen LogP) is 0.710. The van der Waals surface area contributed by atoms with Gasteiger partial charge in [0.1, 0.15) is 0 Å². The van der Waals surface area contributed by atoms with Gasteiger partial charge in [-0.05, 0) is 20.8 Å². The maximum absolute atomic E-state index is 10.7. The molecule has 0 aliphatic rings. The van der Waals surface area contributed by atoms with E-state index in [1.165, 1.54) is 6.92 Å². The predicted molar refractivity (Wildman–Crippen MR) is 40.3 cm³/mol. The van der Waals surface area contributed by atoms with Crippen molar-refractivity contribution in [3.05, 3.63) is 0 Å². The molecule has 4 heteroatoms. The van der Waals surface area contributed by atoms with Crippen molar-refractivity contribution in [3.8, 4) is 0 Å². The Morgan fingerprint density at radius 1 is 1.55 bits per heavy atom. The van der Waals surface area contributed by atoms with Crippen molar-refractivity contribution < 1.29 is 14.3 Å². The van der Waals surface area contributed by atoms with Crippen molar-refractivity contribution >= 4 is 11.9 Å². The molecule has 0 aromatic rings. The summed E-state index contributed by atoms with van der Waals surface area (Å²) in [7, 11) is 0. The van der Waals surface area contributed by atoms with Crippen molar-refractivity contribution in [2.45, 2.75) is 26.8 Å². The van der Waals surface area contributed by atoms with E-state index in [0.717, 1.165) is 0 Å². The van der Waals surface area contributed by atoms with Crippen LogP contribution in [0.4, 0.5) is 4.79 Å². The fourth-order valence-corrected chi connectivity index (χ4v) is 0.451. The second-order valence-corrected chi connectivity index (χ2v) is 2.20. The molecule has 0 radical (unpaired) electrons. The van der Waals surface area contributed by atoms with Crippen molar-refractivity contribution in [1.29, 1.82) is 0 Å². The van der Waals surface area contributed by atoms with Gasteiger partial charge < -0.3 is 10.1 Å². The zero-order valence-corrected chi connectivity index (χ0v) is 7.01. The molecule has 0 aromatic carbocycles. The first-order chi connectivity index (χ1) is 5.07. The topological polar surface area (TPSA) is 55.4 Å². The largest absolute Gasteiger partial charge is 0.450 e. The summed E-state index contributed by atoms with van der Waals surface area (Å²) < 4.78 is 4.56. The average Bonchev–Trinajstić information content (AvgIpc) is 1.87. The van der Waals surface area contributed by atoms with Crippen LogP contribution in [-0.4, -0.2) is 24.5 Å². The highest BCUT2D eigenvalue weighted by Crippen LogP contribution is 1.85. The van der Waals surface area contributed by atoms with Gasteiger partial charge in [-0.2, -0.15) is 0 Å². The van der Waals surface area contributed by atoms with Crippen LogP contribution in [0.15, 0.2) is 0 Å². The summed E-state index contributed by atoms with van der Waals surface area (Å²) in [5, 5.41) is 2.37. The monoisotopic (exact) mass is 159 g/mol. The molecule has 0 bridgehead atoms. The molecule has 0 aromatic heterocycles. The Balaban J connectivity index is 3.66. The molecule has 1 N–H and O–H groups in total. The second-order valence-electron chi connectivity index (χ2n) is 2.20. The molecule has 0 rings (SSSR count). The minimum atomic E-state index is -0.546. The fraction of sp³-hybridized carbons (Fsp3) is 0.714. The number of rotatable bonds is 3. The van der Waals surface area contributed by atoms with E-state index in [-0.39, 0.29) is 5.78 Å². The molecule has 64 valence electrons. The minimum absolute atomic E-state index is 0.0851. The lowest BCUT2D eigenvalue weighted by Crippen LogP contribution is -2.37. The highest BCUT2D eigenvalue weighted by atomic mass is 16.5. The van der Waals surface area contributed by atoms with Gasteiger partial charge in [0.2, 0.25) is 0 Å². The molecule has 0 saturated carbocycles. The smallest absolute Gasteiger partial charge is 0.407 e. The summed E-state index contributed by atoms with van der Waals surface area (Å²) in [5.74, 6) is -0.0851. The van der Waals surface area contributed by atoms with Gasteiger partial charge >= 0.3 is 6.09 Å². The summed E-state index contributed by atoms with van der Waals surface area (Å²) in [6.07, 6.45) is -0.546. The third kappa shape index (κ3) is 4.36. The highest BCUT2D eigenvalue weighted by molar-refractivity contribution is 5.84. The molecule has 1 atom stereocenters. The third-order valence-electron chi connectivity index (χ3n) is 1.22. The van der Waals surface area contributed by atoms with E-state index in [1.807, 2.05) is 0 Å². The van der Waals surface area contributed by atoms with E-state index >= 15 is 0 Å². The SMILES string of the molecule is CCOC(=O)NC(C)C(C)=O. The summed E-state index contributed by atoms with van der Waals surface area (Å²) in [6.45, 7) is 5.05. The molecule has 0 heterocycles. The molecule has 0 fully saturated rings. The standard InChI is InChI=1S/C7H13NO3/c1-4-11-7(10)8-5(2)6(3)9/h5H,4H2,1-3H3,(H,8,10). The normalized spacial score (nSPS) is 11.9. The lowest BCUT2D eigenvalue weighted by atomic mass is 10.2. The number of hydrogen-bond donors (Lipinski definition) is 1. The number of ketones is 1. The van der Waals surface area contributed by atoms with E-state index in [0.29, 0.717) is 6.61 Å². The third-order valence-corrected chi connectivity index (χ3v) is 1.22. The number of nitrogens with one attached hydrogen (secondary N) is 1. The Bertz CT molecular complexity index is 156. The van der Waals surface area contributed by atoms with Gasteiger partial charge in [-0.25, -0.2) is 4.79 Å². The summed E-state index contributed by atoms with van der Waals surface area (Å²) in [4.78, 5) is 21.3. The number of amides is 1. The van der Waals surface area contributed by atoms with Gasteiger partial charge in [-0.15, -0.1) is 0 Å². The Labute approximate surface area is 65.9 Å². The van der Waals surface area contributed by atoms with Crippen LogP contribution in [0.1, 0.15) is 20.8 Å². The molecule has 4 nitrogen and oxygen atoms in total. The van der Waals surface area contributed by atoms with Gasteiger partial charge in [0.05, 0.1) is 12.6 Å². The van der Waals surface area contributed by atoms with Gasteiger partial charge in [-0.3, -0.25) is 4.79 Å². The zero-order chi connectivity index (χ0) is 8.85. The van der Waals surface area contributed by atoms with Crippen molar-refractivity contribution in [2.75, 3.05) is 6.61 Å². The van der Waals surface area contributed by atoms with E-state index in [4.69, 9.17) is 0 Å². The summed E-state index contributed by atoms with van der Waals surface area (Å²) in [5.41, 5.74) is 0. The number of alkyl carbamates (subject to hydrolysis) is 1. The molecule has 0 saturated heterocycles. The van der Waals surface area contributed by atoms with Crippen LogP contribution >= 0.6 is 0 Å². The zero-order valence-electron chi connectivity index (χ0n) is 7.01. The van der Waals surface area contributed by atoms with Crippen molar-refractivity contribution in [3.63, 3.8) is 0 Å². The number of carbonyl (C=O) groups excluding carboxylic acids is 2. The number of ether oxygens (including phenoxy) is 1. The first kappa shape index (κ1) is 9.94.